The van der Waals surface area contributed by atoms with Crippen LogP contribution in [0.25, 0.3) is 0 Å². The summed E-state index contributed by atoms with van der Waals surface area (Å²) in [6, 6.07) is 9.63. The summed E-state index contributed by atoms with van der Waals surface area (Å²) in [7, 11) is 1.63. The first-order valence-corrected chi connectivity index (χ1v) is 9.21. The average Bonchev–Trinajstić information content (AvgIpc) is 3.14. The Morgan fingerprint density at radius 3 is 2.74 bits per heavy atom. The normalized spacial score (nSPS) is 16.9. The van der Waals surface area contributed by atoms with Crippen molar-refractivity contribution in [1.29, 1.82) is 0 Å². The number of piperidine rings is 1. The molecule has 1 aliphatic heterocycles. The van der Waals surface area contributed by atoms with Gasteiger partial charge in [-0.15, -0.1) is 0 Å². The molecule has 7 nitrogen and oxygen atoms in total. The third-order valence-corrected chi connectivity index (χ3v) is 5.01. The Hall–Kier alpha value is -2.83. The van der Waals surface area contributed by atoms with E-state index in [1.807, 2.05) is 35.2 Å². The molecule has 2 heterocycles. The summed E-state index contributed by atoms with van der Waals surface area (Å²) in [5.41, 5.74) is 2.00. The molecular formula is C20H25N3O4. The van der Waals surface area contributed by atoms with Crippen molar-refractivity contribution < 1.29 is 19.4 Å². The second-order valence-electron chi connectivity index (χ2n) is 6.83. The van der Waals surface area contributed by atoms with Gasteiger partial charge in [-0.05, 0) is 43.0 Å². The van der Waals surface area contributed by atoms with Crippen LogP contribution in [-0.2, 0) is 22.6 Å². The molecule has 1 fully saturated rings. The lowest BCUT2D eigenvalue weighted by Crippen LogP contribution is -2.39. The molecular weight excluding hydrogens is 346 g/mol. The minimum Gasteiger partial charge on any atom is -0.497 e. The second kappa shape index (κ2) is 8.70. The Kier molecular flexibility index (Phi) is 6.11. The van der Waals surface area contributed by atoms with Gasteiger partial charge in [-0.1, -0.05) is 12.1 Å². The van der Waals surface area contributed by atoms with Crippen molar-refractivity contribution in [1.82, 2.24) is 14.7 Å². The van der Waals surface area contributed by atoms with Gasteiger partial charge in [-0.3, -0.25) is 14.3 Å². The van der Waals surface area contributed by atoms with E-state index < -0.39 is 5.97 Å². The monoisotopic (exact) mass is 371 g/mol. The Morgan fingerprint density at radius 2 is 2.04 bits per heavy atom. The summed E-state index contributed by atoms with van der Waals surface area (Å²) in [5.74, 6) is 0.162. The van der Waals surface area contributed by atoms with Gasteiger partial charge in [0, 0.05) is 37.3 Å². The fourth-order valence-electron chi connectivity index (χ4n) is 3.60. The van der Waals surface area contributed by atoms with Gasteiger partial charge in [0.1, 0.15) is 12.3 Å². The molecule has 1 amide bonds. The molecule has 7 heteroatoms. The molecule has 0 aliphatic carbocycles. The van der Waals surface area contributed by atoms with Gasteiger partial charge >= 0.3 is 5.97 Å². The first kappa shape index (κ1) is 18.9. The molecule has 0 unspecified atom stereocenters. The van der Waals surface area contributed by atoms with Crippen LogP contribution in [0.5, 0.6) is 5.75 Å². The molecule has 1 saturated heterocycles. The molecule has 27 heavy (non-hydrogen) atoms. The lowest BCUT2D eigenvalue weighted by atomic mass is 9.94. The van der Waals surface area contributed by atoms with Crippen molar-refractivity contribution in [2.45, 2.75) is 38.1 Å². The van der Waals surface area contributed by atoms with Gasteiger partial charge in [0.05, 0.1) is 7.11 Å². The van der Waals surface area contributed by atoms with E-state index in [-0.39, 0.29) is 18.4 Å². The van der Waals surface area contributed by atoms with Crippen LogP contribution in [0.4, 0.5) is 0 Å². The van der Waals surface area contributed by atoms with Crippen LogP contribution >= 0.6 is 0 Å². The summed E-state index contributed by atoms with van der Waals surface area (Å²) in [5, 5.41) is 13.1. The Bertz CT molecular complexity index is 785. The number of amides is 1. The predicted octanol–water partition coefficient (Wildman–Crippen LogP) is 2.32. The summed E-state index contributed by atoms with van der Waals surface area (Å²) in [4.78, 5) is 25.6. The Balaban J connectivity index is 1.57. The minimum absolute atomic E-state index is 0.130. The SMILES string of the molecule is COc1ccc(CCC(=O)N2CCC[C@@H](c3ccnn3CC(=O)O)C2)cc1. The number of rotatable bonds is 7. The maximum atomic E-state index is 12.7. The maximum absolute atomic E-state index is 12.7. The highest BCUT2D eigenvalue weighted by atomic mass is 16.5. The minimum atomic E-state index is -0.914. The molecule has 0 bridgehead atoms. The molecule has 144 valence electrons. The zero-order valence-electron chi connectivity index (χ0n) is 15.5. The van der Waals surface area contributed by atoms with E-state index in [0.29, 0.717) is 19.4 Å². The fourth-order valence-corrected chi connectivity index (χ4v) is 3.60. The number of carbonyl (C=O) groups is 2. The number of ether oxygens (including phenoxy) is 1. The van der Waals surface area contributed by atoms with Crippen LogP contribution in [0.1, 0.15) is 36.4 Å². The summed E-state index contributed by atoms with van der Waals surface area (Å²) < 4.78 is 6.68. The number of likely N-dealkylation sites (tertiary alicyclic amines) is 1. The van der Waals surface area contributed by atoms with Crippen LogP contribution < -0.4 is 4.74 Å². The van der Waals surface area contributed by atoms with E-state index >= 15 is 0 Å². The van der Waals surface area contributed by atoms with Crippen LogP contribution in [0.15, 0.2) is 36.5 Å². The number of hydrogen-bond acceptors (Lipinski definition) is 4. The number of carboxylic acids is 1. The molecule has 2 aromatic rings. The number of carbonyl (C=O) groups excluding carboxylic acids is 1. The molecule has 1 aromatic carbocycles. The summed E-state index contributed by atoms with van der Waals surface area (Å²) >= 11 is 0. The number of aryl methyl sites for hydroxylation is 1. The van der Waals surface area contributed by atoms with Crippen LogP contribution in [-0.4, -0.2) is 51.9 Å². The highest BCUT2D eigenvalue weighted by Crippen LogP contribution is 2.27. The van der Waals surface area contributed by atoms with Crippen LogP contribution in [0.2, 0.25) is 0 Å². The number of aromatic nitrogens is 2. The number of hydrogen-bond donors (Lipinski definition) is 1. The second-order valence-corrected chi connectivity index (χ2v) is 6.83. The first-order valence-electron chi connectivity index (χ1n) is 9.21. The first-order chi connectivity index (χ1) is 13.1. The van der Waals surface area contributed by atoms with Crippen LogP contribution in [0.3, 0.4) is 0 Å². The molecule has 0 spiro atoms. The van der Waals surface area contributed by atoms with Gasteiger partial charge < -0.3 is 14.7 Å². The van der Waals surface area contributed by atoms with Crippen molar-refractivity contribution in [3.05, 3.63) is 47.8 Å². The zero-order valence-corrected chi connectivity index (χ0v) is 15.5. The van der Waals surface area contributed by atoms with E-state index in [1.54, 1.807) is 13.3 Å². The largest absolute Gasteiger partial charge is 0.497 e. The number of aliphatic carboxylic acids is 1. The van der Waals surface area contributed by atoms with Gasteiger partial charge in [0.2, 0.25) is 5.91 Å². The molecule has 0 radical (unpaired) electrons. The number of nitrogens with zero attached hydrogens (tertiary/aromatic N) is 3. The van der Waals surface area contributed by atoms with E-state index in [4.69, 9.17) is 9.84 Å². The predicted molar refractivity (Wildman–Crippen MR) is 99.7 cm³/mol. The number of carboxylic acid groups (broad SMARTS) is 1. The highest BCUT2D eigenvalue weighted by Gasteiger charge is 2.27. The standard InChI is InChI=1S/C20H25N3O4/c1-27-17-7-4-15(5-8-17)6-9-19(24)22-12-2-3-16(13-22)18-10-11-21-23(18)14-20(25)26/h4-5,7-8,10-11,16H,2-3,6,9,12-14H2,1H3,(H,25,26)/t16-/m1/s1. The molecule has 1 aliphatic rings. The Labute approximate surface area is 158 Å². The van der Waals surface area contributed by atoms with Crippen LogP contribution in [0, 0.1) is 0 Å². The number of methoxy groups -OCH3 is 1. The van der Waals surface area contributed by atoms with Crippen molar-refractivity contribution in [2.75, 3.05) is 20.2 Å². The van der Waals surface area contributed by atoms with Gasteiger partial charge in [-0.2, -0.15) is 5.10 Å². The third kappa shape index (κ3) is 4.87. The van der Waals surface area contributed by atoms with E-state index in [1.165, 1.54) is 4.68 Å². The molecule has 1 N–H and O–H groups in total. The zero-order chi connectivity index (χ0) is 19.2. The molecule has 3 rings (SSSR count). The summed E-state index contributed by atoms with van der Waals surface area (Å²) in [6.45, 7) is 1.22. The topological polar surface area (TPSA) is 84.7 Å². The summed E-state index contributed by atoms with van der Waals surface area (Å²) in [6.07, 6.45) is 4.64. The Morgan fingerprint density at radius 1 is 1.26 bits per heavy atom. The van der Waals surface area contributed by atoms with Gasteiger partial charge in [-0.25, -0.2) is 0 Å². The maximum Gasteiger partial charge on any atom is 0.325 e. The lowest BCUT2D eigenvalue weighted by molar-refractivity contribution is -0.138. The van der Waals surface area contributed by atoms with Crippen molar-refractivity contribution in [3.8, 4) is 5.75 Å². The van der Waals surface area contributed by atoms with Crippen molar-refractivity contribution >= 4 is 11.9 Å². The third-order valence-electron chi connectivity index (χ3n) is 5.01. The van der Waals surface area contributed by atoms with Crippen molar-refractivity contribution in [3.63, 3.8) is 0 Å². The van der Waals surface area contributed by atoms with E-state index in [2.05, 4.69) is 5.10 Å². The number of benzene rings is 1. The average molecular weight is 371 g/mol. The fraction of sp³-hybridized carbons (Fsp3) is 0.450. The van der Waals surface area contributed by atoms with E-state index in [9.17, 15) is 9.59 Å². The van der Waals surface area contributed by atoms with Gasteiger partial charge in [0.15, 0.2) is 0 Å². The molecule has 1 aromatic heterocycles. The lowest BCUT2D eigenvalue weighted by Gasteiger charge is -2.33. The highest BCUT2D eigenvalue weighted by molar-refractivity contribution is 5.76. The van der Waals surface area contributed by atoms with Gasteiger partial charge in [0.25, 0.3) is 0 Å². The smallest absolute Gasteiger partial charge is 0.325 e. The van der Waals surface area contributed by atoms with Crippen molar-refractivity contribution in [2.24, 2.45) is 0 Å². The van der Waals surface area contributed by atoms with E-state index in [0.717, 1.165) is 36.4 Å². The quantitative estimate of drug-likeness (QED) is 0.807. The molecule has 1 atom stereocenters. The molecule has 0 saturated carbocycles.